The third-order valence-electron chi connectivity index (χ3n) is 3.61. The van der Waals surface area contributed by atoms with E-state index in [1.807, 2.05) is 44.3 Å². The highest BCUT2D eigenvalue weighted by Crippen LogP contribution is 2.21. The first kappa shape index (κ1) is 20.8. The third kappa shape index (κ3) is 4.25. The molecule has 2 heterocycles. The van der Waals surface area contributed by atoms with Crippen LogP contribution in [-0.4, -0.2) is 46.0 Å². The minimum Gasteiger partial charge on any atom is -0.349 e. The summed E-state index contributed by atoms with van der Waals surface area (Å²) in [5.74, 6) is -0.225. The standard InChI is InChI=1S/C16H18N6O.2ClH/c1-11-14(16(23)19-10-9-17-2)20-21-22(11)13-7-3-5-12-6-4-8-18-15(12)13;;/h3-8,17H,9-10H2,1-2H3,(H,19,23);2*1H. The van der Waals surface area contributed by atoms with E-state index in [4.69, 9.17) is 0 Å². The Bertz CT molecular complexity index is 846. The molecule has 134 valence electrons. The Morgan fingerprint density at radius 1 is 1.16 bits per heavy atom. The monoisotopic (exact) mass is 382 g/mol. The molecule has 2 aromatic heterocycles. The van der Waals surface area contributed by atoms with Crippen molar-refractivity contribution in [1.82, 2.24) is 30.6 Å². The number of rotatable bonds is 5. The average Bonchev–Trinajstić information content (AvgIpc) is 2.96. The van der Waals surface area contributed by atoms with Gasteiger partial charge in [-0.05, 0) is 26.1 Å². The highest BCUT2D eigenvalue weighted by atomic mass is 35.5. The van der Waals surface area contributed by atoms with Crippen molar-refractivity contribution in [2.45, 2.75) is 6.92 Å². The summed E-state index contributed by atoms with van der Waals surface area (Å²) in [7, 11) is 1.83. The van der Waals surface area contributed by atoms with Gasteiger partial charge < -0.3 is 10.6 Å². The quantitative estimate of drug-likeness (QED) is 0.658. The first-order valence-electron chi connectivity index (χ1n) is 7.41. The Labute approximate surface area is 158 Å². The minimum atomic E-state index is -0.225. The summed E-state index contributed by atoms with van der Waals surface area (Å²) in [4.78, 5) is 16.6. The highest BCUT2D eigenvalue weighted by molar-refractivity contribution is 5.93. The van der Waals surface area contributed by atoms with Gasteiger partial charge in [-0.1, -0.05) is 23.4 Å². The number of hydrogen-bond acceptors (Lipinski definition) is 5. The fourth-order valence-corrected chi connectivity index (χ4v) is 2.41. The van der Waals surface area contributed by atoms with Crippen LogP contribution in [-0.2, 0) is 0 Å². The van der Waals surface area contributed by atoms with Gasteiger partial charge in [0.25, 0.3) is 5.91 Å². The van der Waals surface area contributed by atoms with E-state index in [-0.39, 0.29) is 30.7 Å². The Morgan fingerprint density at radius 2 is 1.92 bits per heavy atom. The maximum atomic E-state index is 12.2. The lowest BCUT2D eigenvalue weighted by atomic mass is 10.2. The van der Waals surface area contributed by atoms with Gasteiger partial charge in [-0.2, -0.15) is 0 Å². The SMILES string of the molecule is CNCCNC(=O)c1nnn(-c2cccc3cccnc23)c1C.Cl.Cl. The van der Waals surface area contributed by atoms with Gasteiger partial charge in [-0.25, -0.2) is 4.68 Å². The second-order valence-electron chi connectivity index (χ2n) is 5.15. The van der Waals surface area contributed by atoms with Crippen LogP contribution in [0.1, 0.15) is 16.2 Å². The van der Waals surface area contributed by atoms with Crippen LogP contribution in [0.4, 0.5) is 0 Å². The second-order valence-corrected chi connectivity index (χ2v) is 5.15. The molecule has 0 atom stereocenters. The molecule has 0 saturated carbocycles. The maximum Gasteiger partial charge on any atom is 0.273 e. The first-order chi connectivity index (χ1) is 11.2. The van der Waals surface area contributed by atoms with E-state index in [0.29, 0.717) is 24.5 Å². The molecule has 0 unspecified atom stereocenters. The van der Waals surface area contributed by atoms with Gasteiger partial charge in [0.05, 0.1) is 16.9 Å². The number of carbonyl (C=O) groups excluding carboxylic acids is 1. The summed E-state index contributed by atoms with van der Waals surface area (Å²) in [6.07, 6.45) is 1.74. The molecule has 3 aromatic rings. The van der Waals surface area contributed by atoms with Crippen molar-refractivity contribution in [1.29, 1.82) is 0 Å². The summed E-state index contributed by atoms with van der Waals surface area (Å²) < 4.78 is 1.66. The molecule has 7 nitrogen and oxygen atoms in total. The molecule has 1 aromatic carbocycles. The maximum absolute atomic E-state index is 12.2. The van der Waals surface area contributed by atoms with Gasteiger partial charge in [0.1, 0.15) is 0 Å². The van der Waals surface area contributed by atoms with Crippen LogP contribution in [0.3, 0.4) is 0 Å². The van der Waals surface area contributed by atoms with Gasteiger partial charge in [0.15, 0.2) is 5.69 Å². The fraction of sp³-hybridized carbons (Fsp3) is 0.250. The van der Waals surface area contributed by atoms with Crippen molar-refractivity contribution in [2.24, 2.45) is 0 Å². The fourth-order valence-electron chi connectivity index (χ4n) is 2.41. The van der Waals surface area contributed by atoms with Crippen molar-refractivity contribution >= 4 is 41.6 Å². The van der Waals surface area contributed by atoms with Crippen molar-refractivity contribution in [2.75, 3.05) is 20.1 Å². The summed E-state index contributed by atoms with van der Waals surface area (Å²) in [6.45, 7) is 3.07. The highest BCUT2D eigenvalue weighted by Gasteiger charge is 2.18. The Kier molecular flexibility index (Phi) is 7.76. The van der Waals surface area contributed by atoms with Crippen LogP contribution in [0.25, 0.3) is 16.6 Å². The smallest absolute Gasteiger partial charge is 0.273 e. The number of amides is 1. The largest absolute Gasteiger partial charge is 0.349 e. The van der Waals surface area contributed by atoms with E-state index in [9.17, 15) is 4.79 Å². The lowest BCUT2D eigenvalue weighted by Crippen LogP contribution is -2.31. The molecule has 0 aliphatic carbocycles. The lowest BCUT2D eigenvalue weighted by molar-refractivity contribution is 0.0948. The molecule has 0 saturated heterocycles. The molecule has 25 heavy (non-hydrogen) atoms. The van der Waals surface area contributed by atoms with Gasteiger partial charge in [0, 0.05) is 24.7 Å². The molecule has 1 amide bonds. The van der Waals surface area contributed by atoms with E-state index in [1.54, 1.807) is 10.9 Å². The van der Waals surface area contributed by atoms with Gasteiger partial charge in [0.2, 0.25) is 0 Å². The Balaban J connectivity index is 0.00000156. The molecule has 3 rings (SSSR count). The number of aromatic nitrogens is 4. The number of nitrogens with one attached hydrogen (secondary N) is 2. The normalized spacial score (nSPS) is 10.0. The predicted molar refractivity (Wildman–Crippen MR) is 102 cm³/mol. The molecular weight excluding hydrogens is 363 g/mol. The van der Waals surface area contributed by atoms with Crippen LogP contribution in [0.5, 0.6) is 0 Å². The van der Waals surface area contributed by atoms with E-state index in [2.05, 4.69) is 25.9 Å². The Morgan fingerprint density at radius 3 is 2.68 bits per heavy atom. The van der Waals surface area contributed by atoms with Crippen LogP contribution < -0.4 is 10.6 Å². The number of hydrogen-bond donors (Lipinski definition) is 2. The number of benzene rings is 1. The first-order valence-corrected chi connectivity index (χ1v) is 7.41. The van der Waals surface area contributed by atoms with E-state index in [1.165, 1.54) is 0 Å². The van der Waals surface area contributed by atoms with Gasteiger partial charge in [-0.15, -0.1) is 29.9 Å². The molecule has 0 aliphatic heterocycles. The molecule has 0 radical (unpaired) electrons. The number of pyridine rings is 1. The van der Waals surface area contributed by atoms with Crippen LogP contribution in [0.15, 0.2) is 36.5 Å². The third-order valence-corrected chi connectivity index (χ3v) is 3.61. The average molecular weight is 383 g/mol. The second kappa shape index (κ2) is 9.31. The summed E-state index contributed by atoms with van der Waals surface area (Å²) in [6, 6.07) is 9.72. The zero-order chi connectivity index (χ0) is 16.2. The molecular formula is C16H20Cl2N6O. The summed E-state index contributed by atoms with van der Waals surface area (Å²) in [5, 5.41) is 15.0. The molecule has 0 spiro atoms. The van der Waals surface area contributed by atoms with E-state index >= 15 is 0 Å². The number of halogens is 2. The van der Waals surface area contributed by atoms with E-state index in [0.717, 1.165) is 16.6 Å². The van der Waals surface area contributed by atoms with Crippen LogP contribution in [0.2, 0.25) is 0 Å². The number of nitrogens with zero attached hydrogens (tertiary/aromatic N) is 4. The number of fused-ring (bicyclic) bond motifs is 1. The van der Waals surface area contributed by atoms with Crippen LogP contribution in [0, 0.1) is 6.92 Å². The van der Waals surface area contributed by atoms with Crippen LogP contribution >= 0.6 is 24.8 Å². The number of likely N-dealkylation sites (N-methyl/N-ethyl adjacent to an activating group) is 1. The van der Waals surface area contributed by atoms with E-state index < -0.39 is 0 Å². The van der Waals surface area contributed by atoms with Crippen molar-refractivity contribution in [3.8, 4) is 5.69 Å². The molecule has 0 aliphatic rings. The molecule has 0 fully saturated rings. The van der Waals surface area contributed by atoms with Crippen molar-refractivity contribution in [3.63, 3.8) is 0 Å². The topological polar surface area (TPSA) is 84.7 Å². The zero-order valence-corrected chi connectivity index (χ0v) is 15.5. The number of para-hydroxylation sites is 1. The molecule has 0 bridgehead atoms. The van der Waals surface area contributed by atoms with Gasteiger partial charge in [-0.3, -0.25) is 9.78 Å². The van der Waals surface area contributed by atoms with Crippen molar-refractivity contribution < 1.29 is 4.79 Å². The summed E-state index contributed by atoms with van der Waals surface area (Å²) >= 11 is 0. The molecule has 9 heteroatoms. The lowest BCUT2D eigenvalue weighted by Gasteiger charge is -2.07. The minimum absolute atomic E-state index is 0. The Hall–Kier alpha value is -2.22. The number of carbonyl (C=O) groups is 1. The molecule has 2 N–H and O–H groups in total. The zero-order valence-electron chi connectivity index (χ0n) is 13.9. The predicted octanol–water partition coefficient (Wildman–Crippen LogP) is 1.92. The summed E-state index contributed by atoms with van der Waals surface area (Å²) in [5.41, 5.74) is 2.65. The van der Waals surface area contributed by atoms with Gasteiger partial charge >= 0.3 is 0 Å². The van der Waals surface area contributed by atoms with Crippen molar-refractivity contribution in [3.05, 3.63) is 47.9 Å².